The zero-order valence-electron chi connectivity index (χ0n) is 15.0. The fourth-order valence-electron chi connectivity index (χ4n) is 3.62. The monoisotopic (exact) mass is 416 g/mol. The average molecular weight is 416 g/mol. The molecule has 10 heteroatoms. The number of carboxylic acid groups (broad SMARTS) is 1. The third kappa shape index (κ3) is 4.39. The third-order valence-corrected chi connectivity index (χ3v) is 5.46. The van der Waals surface area contributed by atoms with Crippen molar-refractivity contribution in [2.75, 3.05) is 11.4 Å². The largest absolute Gasteiger partial charge is 0.490 e. The molecule has 2 aromatic heterocycles. The Balaban J connectivity index is 0.000000279. The van der Waals surface area contributed by atoms with Crippen molar-refractivity contribution in [2.45, 2.75) is 44.6 Å². The molecule has 28 heavy (non-hydrogen) atoms. The van der Waals surface area contributed by atoms with Crippen molar-refractivity contribution in [3.63, 3.8) is 0 Å². The molecule has 2 saturated heterocycles. The van der Waals surface area contributed by atoms with E-state index >= 15 is 0 Å². The van der Waals surface area contributed by atoms with Crippen LogP contribution in [0.25, 0.3) is 0 Å². The predicted octanol–water partition coefficient (Wildman–Crippen LogP) is 3.66. The Morgan fingerprint density at radius 1 is 1.32 bits per heavy atom. The first-order chi connectivity index (χ1) is 13.2. The number of carboxylic acids is 1. The standard InChI is InChI=1S/C16H18N2O2S.C2HF3O2/c1-11-2-3-13(20-11)9-17-6-4-14-15(17)8-16(19)18(14)12-5-7-21-10-12;3-2(4,5)1(6)7/h2-3,5,7,10,14-15H,4,6,8-9H2,1H3;(H,6,7)/t14-,15+;/m0./s1. The van der Waals surface area contributed by atoms with E-state index in [1.54, 1.807) is 11.3 Å². The smallest absolute Gasteiger partial charge is 0.475 e. The van der Waals surface area contributed by atoms with Crippen LogP contribution in [0.2, 0.25) is 0 Å². The van der Waals surface area contributed by atoms with Gasteiger partial charge in [-0.2, -0.15) is 24.5 Å². The van der Waals surface area contributed by atoms with Gasteiger partial charge >= 0.3 is 12.1 Å². The maximum atomic E-state index is 12.4. The summed E-state index contributed by atoms with van der Waals surface area (Å²) in [7, 11) is 0. The minimum absolute atomic E-state index is 0.253. The molecule has 0 saturated carbocycles. The molecule has 0 bridgehead atoms. The first-order valence-electron chi connectivity index (χ1n) is 8.60. The summed E-state index contributed by atoms with van der Waals surface area (Å²) in [4.78, 5) is 25.7. The van der Waals surface area contributed by atoms with E-state index in [9.17, 15) is 18.0 Å². The van der Waals surface area contributed by atoms with E-state index in [-0.39, 0.29) is 5.91 Å². The van der Waals surface area contributed by atoms with Gasteiger partial charge in [0.15, 0.2) is 0 Å². The maximum Gasteiger partial charge on any atom is 0.490 e. The lowest BCUT2D eigenvalue weighted by atomic mass is 10.1. The molecule has 0 spiro atoms. The Kier molecular flexibility index (Phi) is 5.80. The van der Waals surface area contributed by atoms with Gasteiger partial charge in [0, 0.05) is 24.4 Å². The lowest BCUT2D eigenvalue weighted by Crippen LogP contribution is -2.36. The highest BCUT2D eigenvalue weighted by Crippen LogP contribution is 2.37. The van der Waals surface area contributed by atoms with Crippen molar-refractivity contribution in [1.29, 1.82) is 0 Å². The number of amides is 1. The summed E-state index contributed by atoms with van der Waals surface area (Å²) in [5.41, 5.74) is 1.06. The number of carbonyl (C=O) groups is 2. The number of likely N-dealkylation sites (tertiary alicyclic amines) is 1. The van der Waals surface area contributed by atoms with Crippen LogP contribution in [0.15, 0.2) is 33.4 Å². The van der Waals surface area contributed by atoms with Crippen molar-refractivity contribution >= 4 is 28.9 Å². The summed E-state index contributed by atoms with van der Waals surface area (Å²) in [6, 6.07) is 6.73. The number of rotatable bonds is 3. The summed E-state index contributed by atoms with van der Waals surface area (Å²) >= 11 is 1.65. The van der Waals surface area contributed by atoms with Crippen molar-refractivity contribution in [1.82, 2.24) is 4.90 Å². The number of fused-ring (bicyclic) bond motifs is 1. The quantitative estimate of drug-likeness (QED) is 0.827. The van der Waals surface area contributed by atoms with E-state index in [1.807, 2.05) is 35.4 Å². The zero-order chi connectivity index (χ0) is 20.5. The van der Waals surface area contributed by atoms with Crippen molar-refractivity contribution in [3.05, 3.63) is 40.5 Å². The number of thiophene rings is 1. The zero-order valence-corrected chi connectivity index (χ0v) is 15.8. The molecule has 152 valence electrons. The van der Waals surface area contributed by atoms with Crippen LogP contribution in [-0.2, 0) is 16.1 Å². The van der Waals surface area contributed by atoms with Crippen molar-refractivity contribution in [3.8, 4) is 0 Å². The predicted molar refractivity (Wildman–Crippen MR) is 96.2 cm³/mol. The van der Waals surface area contributed by atoms with Crippen LogP contribution in [0.4, 0.5) is 18.9 Å². The van der Waals surface area contributed by atoms with Crippen LogP contribution >= 0.6 is 11.3 Å². The van der Waals surface area contributed by atoms with Crippen LogP contribution in [0.3, 0.4) is 0 Å². The second-order valence-corrected chi connectivity index (χ2v) is 7.44. The molecular formula is C18H19F3N2O4S. The molecule has 0 unspecified atom stereocenters. The molecule has 4 rings (SSSR count). The molecule has 4 heterocycles. The van der Waals surface area contributed by atoms with Gasteiger partial charge in [-0.05, 0) is 36.9 Å². The highest BCUT2D eigenvalue weighted by atomic mass is 32.1. The fraction of sp³-hybridized carbons (Fsp3) is 0.444. The summed E-state index contributed by atoms with van der Waals surface area (Å²) in [5.74, 6) is -0.561. The SMILES string of the molecule is Cc1ccc(CN2CC[C@H]3[C@H]2CC(=O)N3c2ccsc2)o1.O=C(O)C(F)(F)F. The lowest BCUT2D eigenvalue weighted by Gasteiger charge is -2.24. The topological polar surface area (TPSA) is 74.0 Å². The van der Waals surface area contributed by atoms with Crippen molar-refractivity contribution in [2.24, 2.45) is 0 Å². The van der Waals surface area contributed by atoms with Gasteiger partial charge in [-0.15, -0.1) is 0 Å². The normalized spacial score (nSPS) is 22.1. The van der Waals surface area contributed by atoms with Crippen LogP contribution in [0, 0.1) is 6.92 Å². The number of aryl methyl sites for hydroxylation is 1. The average Bonchev–Trinajstić information content (AvgIpc) is 3.35. The van der Waals surface area contributed by atoms with E-state index in [4.69, 9.17) is 14.3 Å². The molecule has 2 aromatic rings. The summed E-state index contributed by atoms with van der Waals surface area (Å²) in [6.45, 7) is 3.80. The summed E-state index contributed by atoms with van der Waals surface area (Å²) in [6.07, 6.45) is -3.41. The number of anilines is 1. The van der Waals surface area contributed by atoms with Crippen molar-refractivity contribution < 1.29 is 32.3 Å². The highest BCUT2D eigenvalue weighted by molar-refractivity contribution is 7.08. The Labute approximate surface area is 163 Å². The Morgan fingerprint density at radius 2 is 2.04 bits per heavy atom. The molecule has 2 fully saturated rings. The van der Waals surface area contributed by atoms with E-state index in [1.165, 1.54) is 0 Å². The molecule has 0 aliphatic carbocycles. The molecule has 2 aliphatic rings. The third-order valence-electron chi connectivity index (χ3n) is 4.79. The van der Waals surface area contributed by atoms with Gasteiger partial charge in [0.05, 0.1) is 18.3 Å². The van der Waals surface area contributed by atoms with E-state index < -0.39 is 12.1 Å². The maximum absolute atomic E-state index is 12.4. The van der Waals surface area contributed by atoms with Gasteiger partial charge in [0.2, 0.25) is 5.91 Å². The number of hydrogen-bond acceptors (Lipinski definition) is 5. The van der Waals surface area contributed by atoms with Gasteiger partial charge in [0.1, 0.15) is 11.5 Å². The van der Waals surface area contributed by atoms with E-state index in [0.29, 0.717) is 18.5 Å². The number of alkyl halides is 3. The Morgan fingerprint density at radius 3 is 2.57 bits per heavy atom. The molecular weight excluding hydrogens is 397 g/mol. The number of carbonyl (C=O) groups excluding carboxylic acids is 1. The van der Waals surface area contributed by atoms with Crippen LogP contribution in [0.5, 0.6) is 0 Å². The van der Waals surface area contributed by atoms with E-state index in [2.05, 4.69) is 10.3 Å². The second kappa shape index (κ2) is 7.96. The molecule has 1 N–H and O–H groups in total. The minimum atomic E-state index is -5.08. The fourth-order valence-corrected chi connectivity index (χ4v) is 4.25. The molecule has 0 aromatic carbocycles. The highest BCUT2D eigenvalue weighted by Gasteiger charge is 2.47. The summed E-state index contributed by atoms with van der Waals surface area (Å²) in [5, 5.41) is 11.2. The number of halogens is 3. The number of aliphatic carboxylic acids is 1. The van der Waals surface area contributed by atoms with Crippen LogP contribution in [-0.4, -0.2) is 46.7 Å². The van der Waals surface area contributed by atoms with Gasteiger partial charge in [0.25, 0.3) is 0 Å². The number of furan rings is 1. The summed E-state index contributed by atoms with van der Waals surface area (Å²) < 4.78 is 37.4. The van der Waals surface area contributed by atoms with E-state index in [0.717, 1.165) is 36.7 Å². The lowest BCUT2D eigenvalue weighted by molar-refractivity contribution is -0.192. The Bertz CT molecular complexity index is 834. The molecule has 1 amide bonds. The number of hydrogen-bond donors (Lipinski definition) is 1. The Hall–Kier alpha value is -2.33. The molecule has 6 nitrogen and oxygen atoms in total. The molecule has 2 atom stereocenters. The minimum Gasteiger partial charge on any atom is -0.475 e. The number of nitrogens with zero attached hydrogens (tertiary/aromatic N) is 2. The van der Waals surface area contributed by atoms with Gasteiger partial charge in [-0.25, -0.2) is 4.79 Å². The first-order valence-corrected chi connectivity index (χ1v) is 9.55. The molecule has 0 radical (unpaired) electrons. The van der Waals surface area contributed by atoms with Gasteiger partial charge < -0.3 is 14.4 Å². The van der Waals surface area contributed by atoms with Crippen LogP contribution in [0.1, 0.15) is 24.4 Å². The van der Waals surface area contributed by atoms with Gasteiger partial charge in [-0.3, -0.25) is 9.69 Å². The van der Waals surface area contributed by atoms with Crippen LogP contribution < -0.4 is 4.90 Å². The second-order valence-electron chi connectivity index (χ2n) is 6.66. The first kappa shape index (κ1) is 20.4. The van der Waals surface area contributed by atoms with Gasteiger partial charge in [-0.1, -0.05) is 0 Å². The molecule has 2 aliphatic heterocycles.